The molecule has 0 saturated heterocycles. The maximum Gasteiger partial charge on any atom is 0.175 e. The summed E-state index contributed by atoms with van der Waals surface area (Å²) in [4.78, 5) is 0. The number of halogens is 1. The number of benzene rings is 2. The molecule has 122 valence electrons. The molecule has 2 rings (SSSR count). The highest BCUT2D eigenvalue weighted by Crippen LogP contribution is 2.30. The summed E-state index contributed by atoms with van der Waals surface area (Å²) in [6.07, 6.45) is 0. The average Bonchev–Trinajstić information content (AvgIpc) is 2.54. The van der Waals surface area contributed by atoms with E-state index in [4.69, 9.17) is 38.0 Å². The van der Waals surface area contributed by atoms with Gasteiger partial charge in [0.1, 0.15) is 5.75 Å². The van der Waals surface area contributed by atoms with Gasteiger partial charge in [0.2, 0.25) is 0 Å². The van der Waals surface area contributed by atoms with Crippen LogP contribution in [0.2, 0.25) is 5.02 Å². The summed E-state index contributed by atoms with van der Waals surface area (Å²) in [5, 5.41) is 7.12. The van der Waals surface area contributed by atoms with E-state index in [-0.39, 0.29) is 0 Å². The molecule has 0 aliphatic heterocycles. The van der Waals surface area contributed by atoms with Gasteiger partial charge in [0.05, 0.1) is 27.0 Å². The molecule has 2 aromatic carbocycles. The van der Waals surface area contributed by atoms with Crippen LogP contribution >= 0.6 is 23.8 Å². The number of methoxy groups -OCH3 is 3. The van der Waals surface area contributed by atoms with Crippen molar-refractivity contribution in [2.45, 2.75) is 0 Å². The van der Waals surface area contributed by atoms with Crippen molar-refractivity contribution >= 4 is 40.3 Å². The van der Waals surface area contributed by atoms with E-state index >= 15 is 0 Å². The fraction of sp³-hybridized carbons (Fsp3) is 0.188. The standard InChI is InChI=1S/C16H17ClN2O3S/c1-20-13-6-4-10(17)8-12(13)19-16(23)18-11-5-7-14(21-2)15(9-11)22-3/h4-9H,1-3H3,(H2,18,19,23). The Morgan fingerprint density at radius 1 is 0.870 bits per heavy atom. The van der Waals surface area contributed by atoms with Crippen LogP contribution in [0.5, 0.6) is 17.2 Å². The molecule has 7 heteroatoms. The molecule has 0 bridgehead atoms. The third kappa shape index (κ3) is 4.40. The first-order valence-corrected chi connectivity index (χ1v) is 7.49. The zero-order valence-corrected chi connectivity index (χ0v) is 14.5. The van der Waals surface area contributed by atoms with E-state index in [1.165, 1.54) is 0 Å². The zero-order valence-electron chi connectivity index (χ0n) is 13.0. The van der Waals surface area contributed by atoms with Crippen molar-refractivity contribution in [2.75, 3.05) is 32.0 Å². The van der Waals surface area contributed by atoms with E-state index in [1.54, 1.807) is 51.7 Å². The Kier molecular flexibility index (Phi) is 5.90. The van der Waals surface area contributed by atoms with Gasteiger partial charge in [-0.05, 0) is 42.5 Å². The molecule has 0 heterocycles. The second-order valence-corrected chi connectivity index (χ2v) is 5.34. The Morgan fingerprint density at radius 2 is 1.52 bits per heavy atom. The van der Waals surface area contributed by atoms with E-state index in [1.807, 2.05) is 6.07 Å². The van der Waals surface area contributed by atoms with Crippen LogP contribution in [-0.2, 0) is 0 Å². The summed E-state index contributed by atoms with van der Waals surface area (Å²) in [5.41, 5.74) is 1.44. The second kappa shape index (κ2) is 7.89. The third-order valence-electron chi connectivity index (χ3n) is 3.05. The summed E-state index contributed by atoms with van der Waals surface area (Å²) in [5.74, 6) is 1.90. The average molecular weight is 353 g/mol. The van der Waals surface area contributed by atoms with Gasteiger partial charge in [-0.15, -0.1) is 0 Å². The highest BCUT2D eigenvalue weighted by atomic mass is 35.5. The Morgan fingerprint density at radius 3 is 2.17 bits per heavy atom. The molecule has 0 radical (unpaired) electrons. The van der Waals surface area contributed by atoms with Crippen LogP contribution in [0.4, 0.5) is 11.4 Å². The molecule has 23 heavy (non-hydrogen) atoms. The second-order valence-electron chi connectivity index (χ2n) is 4.49. The molecule has 0 fully saturated rings. The molecule has 2 aromatic rings. The lowest BCUT2D eigenvalue weighted by Crippen LogP contribution is -2.19. The van der Waals surface area contributed by atoms with Gasteiger partial charge < -0.3 is 24.8 Å². The van der Waals surface area contributed by atoms with Crippen molar-refractivity contribution in [3.05, 3.63) is 41.4 Å². The molecule has 0 aliphatic rings. The smallest absolute Gasteiger partial charge is 0.175 e. The lowest BCUT2D eigenvalue weighted by atomic mass is 10.2. The number of hydrogen-bond donors (Lipinski definition) is 2. The molecular weight excluding hydrogens is 336 g/mol. The molecule has 5 nitrogen and oxygen atoms in total. The maximum absolute atomic E-state index is 6.00. The van der Waals surface area contributed by atoms with Crippen molar-refractivity contribution in [3.63, 3.8) is 0 Å². The number of rotatable bonds is 5. The highest BCUT2D eigenvalue weighted by molar-refractivity contribution is 7.80. The van der Waals surface area contributed by atoms with Gasteiger partial charge in [-0.2, -0.15) is 0 Å². The predicted octanol–water partition coefficient (Wildman–Crippen LogP) is 4.17. The molecule has 2 N–H and O–H groups in total. The van der Waals surface area contributed by atoms with E-state index < -0.39 is 0 Å². The Balaban J connectivity index is 2.12. The summed E-state index contributed by atoms with van der Waals surface area (Å²) < 4.78 is 15.7. The number of nitrogens with one attached hydrogen (secondary N) is 2. The van der Waals surface area contributed by atoms with Crippen LogP contribution in [0.1, 0.15) is 0 Å². The monoisotopic (exact) mass is 352 g/mol. The van der Waals surface area contributed by atoms with Gasteiger partial charge in [-0.25, -0.2) is 0 Å². The minimum atomic E-state index is 0.401. The number of thiocarbonyl (C=S) groups is 1. The topological polar surface area (TPSA) is 51.8 Å². The zero-order chi connectivity index (χ0) is 16.8. The van der Waals surface area contributed by atoms with Crippen LogP contribution in [0, 0.1) is 0 Å². The Labute approximate surface area is 145 Å². The van der Waals surface area contributed by atoms with E-state index in [2.05, 4.69) is 10.6 Å². The van der Waals surface area contributed by atoms with Gasteiger partial charge in [0.15, 0.2) is 16.6 Å². The van der Waals surface area contributed by atoms with Crippen molar-refractivity contribution in [2.24, 2.45) is 0 Å². The molecule has 0 atom stereocenters. The summed E-state index contributed by atoms with van der Waals surface area (Å²) in [6, 6.07) is 10.7. The van der Waals surface area contributed by atoms with Gasteiger partial charge in [-0.1, -0.05) is 11.6 Å². The van der Waals surface area contributed by atoms with Crippen molar-refractivity contribution in [1.29, 1.82) is 0 Å². The summed E-state index contributed by atoms with van der Waals surface area (Å²) >= 11 is 11.3. The molecule has 0 spiro atoms. The minimum absolute atomic E-state index is 0.401. The normalized spacial score (nSPS) is 9.91. The lowest BCUT2D eigenvalue weighted by Gasteiger charge is -2.15. The van der Waals surface area contributed by atoms with E-state index in [9.17, 15) is 0 Å². The van der Waals surface area contributed by atoms with Crippen molar-refractivity contribution in [3.8, 4) is 17.2 Å². The third-order valence-corrected chi connectivity index (χ3v) is 3.49. The van der Waals surface area contributed by atoms with Gasteiger partial charge >= 0.3 is 0 Å². The summed E-state index contributed by atoms with van der Waals surface area (Å²) in [6.45, 7) is 0. The van der Waals surface area contributed by atoms with Gasteiger partial charge in [0, 0.05) is 16.8 Å². The molecule has 0 aliphatic carbocycles. The maximum atomic E-state index is 6.00. The quantitative estimate of drug-likeness (QED) is 0.787. The van der Waals surface area contributed by atoms with Crippen LogP contribution in [0.3, 0.4) is 0 Å². The van der Waals surface area contributed by atoms with Gasteiger partial charge in [-0.3, -0.25) is 0 Å². The fourth-order valence-corrected chi connectivity index (χ4v) is 2.38. The first-order chi connectivity index (χ1) is 11.1. The van der Waals surface area contributed by atoms with Crippen LogP contribution < -0.4 is 24.8 Å². The van der Waals surface area contributed by atoms with Crippen LogP contribution in [0.25, 0.3) is 0 Å². The van der Waals surface area contributed by atoms with E-state index in [0.29, 0.717) is 33.1 Å². The Bertz CT molecular complexity index is 710. The lowest BCUT2D eigenvalue weighted by molar-refractivity contribution is 0.355. The van der Waals surface area contributed by atoms with Crippen LogP contribution in [-0.4, -0.2) is 26.4 Å². The molecular formula is C16H17ClN2O3S. The van der Waals surface area contributed by atoms with Crippen LogP contribution in [0.15, 0.2) is 36.4 Å². The van der Waals surface area contributed by atoms with E-state index in [0.717, 1.165) is 5.69 Å². The first kappa shape index (κ1) is 17.2. The van der Waals surface area contributed by atoms with Gasteiger partial charge in [0.25, 0.3) is 0 Å². The molecule has 0 aromatic heterocycles. The number of anilines is 2. The Hall–Kier alpha value is -2.18. The highest BCUT2D eigenvalue weighted by Gasteiger charge is 2.08. The number of ether oxygens (including phenoxy) is 3. The minimum Gasteiger partial charge on any atom is -0.495 e. The predicted molar refractivity (Wildman–Crippen MR) is 97.4 cm³/mol. The number of hydrogen-bond acceptors (Lipinski definition) is 4. The molecule has 0 amide bonds. The van der Waals surface area contributed by atoms with Crippen molar-refractivity contribution in [1.82, 2.24) is 0 Å². The SMILES string of the molecule is COc1ccc(Cl)cc1NC(=S)Nc1ccc(OC)c(OC)c1. The first-order valence-electron chi connectivity index (χ1n) is 6.71. The largest absolute Gasteiger partial charge is 0.495 e. The molecule has 0 unspecified atom stereocenters. The van der Waals surface area contributed by atoms with Crippen molar-refractivity contribution < 1.29 is 14.2 Å². The summed E-state index contributed by atoms with van der Waals surface area (Å²) in [7, 11) is 4.75. The molecule has 0 saturated carbocycles. The fourth-order valence-electron chi connectivity index (χ4n) is 1.98.